The predicted octanol–water partition coefficient (Wildman–Crippen LogP) is 4.12. The Kier molecular flexibility index (Phi) is 7.13. The number of carbonyl (C=O) groups excluding carboxylic acids is 2. The van der Waals surface area contributed by atoms with Crippen molar-refractivity contribution in [1.29, 1.82) is 0 Å². The van der Waals surface area contributed by atoms with Crippen molar-refractivity contribution in [1.82, 2.24) is 20.3 Å². The van der Waals surface area contributed by atoms with Gasteiger partial charge in [-0.25, -0.2) is 19.8 Å². The molecule has 28 heavy (non-hydrogen) atoms. The van der Waals surface area contributed by atoms with Crippen molar-refractivity contribution in [3.8, 4) is 10.7 Å². The standard InChI is InChI=1S/C18H26N4O4S2/c1-10(2)13(21-17(24)26-18(3,4)5)15-19-11(8-28-15)14-20-12(9-27-14)16(23)22(6)25-7/h8-10,13H,1-7H3,(H,21,24)/t13-/m0/s1. The number of hydrogen-bond acceptors (Lipinski definition) is 8. The van der Waals surface area contributed by atoms with Crippen LogP contribution in [-0.4, -0.2) is 46.8 Å². The molecule has 0 radical (unpaired) electrons. The van der Waals surface area contributed by atoms with Gasteiger partial charge in [0.15, 0.2) is 0 Å². The smallest absolute Gasteiger partial charge is 0.408 e. The summed E-state index contributed by atoms with van der Waals surface area (Å²) in [6, 6.07) is -0.283. The third kappa shape index (κ3) is 5.73. The summed E-state index contributed by atoms with van der Waals surface area (Å²) in [4.78, 5) is 38.2. The molecule has 0 saturated heterocycles. The molecule has 0 aliphatic rings. The van der Waals surface area contributed by atoms with Crippen LogP contribution in [0.25, 0.3) is 10.7 Å². The molecule has 154 valence electrons. The van der Waals surface area contributed by atoms with Crippen LogP contribution in [-0.2, 0) is 9.57 Å². The molecule has 10 heteroatoms. The summed E-state index contributed by atoms with van der Waals surface area (Å²) >= 11 is 2.77. The number of thiazole rings is 2. The monoisotopic (exact) mass is 426 g/mol. The molecule has 2 rings (SSSR count). The van der Waals surface area contributed by atoms with E-state index in [0.29, 0.717) is 16.4 Å². The molecular formula is C18H26N4O4S2. The molecule has 2 heterocycles. The van der Waals surface area contributed by atoms with Crippen molar-refractivity contribution in [2.75, 3.05) is 14.2 Å². The normalized spacial score (nSPS) is 12.7. The van der Waals surface area contributed by atoms with Gasteiger partial charge in [-0.2, -0.15) is 0 Å². The summed E-state index contributed by atoms with van der Waals surface area (Å²) in [7, 11) is 2.94. The Morgan fingerprint density at radius 2 is 1.86 bits per heavy atom. The van der Waals surface area contributed by atoms with Gasteiger partial charge in [0, 0.05) is 17.8 Å². The van der Waals surface area contributed by atoms with Gasteiger partial charge in [0.2, 0.25) is 0 Å². The van der Waals surface area contributed by atoms with Crippen LogP contribution in [0.4, 0.5) is 4.79 Å². The molecule has 0 bridgehead atoms. The average molecular weight is 427 g/mol. The van der Waals surface area contributed by atoms with Crippen LogP contribution in [0, 0.1) is 5.92 Å². The molecule has 0 spiro atoms. The van der Waals surface area contributed by atoms with Crippen molar-refractivity contribution in [3.63, 3.8) is 0 Å². The Balaban J connectivity index is 2.18. The summed E-state index contributed by atoms with van der Waals surface area (Å²) in [5.74, 6) is -0.206. The van der Waals surface area contributed by atoms with Crippen molar-refractivity contribution in [2.24, 2.45) is 5.92 Å². The number of carbonyl (C=O) groups is 2. The van der Waals surface area contributed by atoms with E-state index >= 15 is 0 Å². The highest BCUT2D eigenvalue weighted by Crippen LogP contribution is 2.31. The molecule has 0 aliphatic heterocycles. The van der Waals surface area contributed by atoms with Crippen LogP contribution in [0.2, 0.25) is 0 Å². The summed E-state index contributed by atoms with van der Waals surface area (Å²) in [6.07, 6.45) is -0.479. The fourth-order valence-electron chi connectivity index (χ4n) is 2.21. The lowest BCUT2D eigenvalue weighted by atomic mass is 10.1. The van der Waals surface area contributed by atoms with Gasteiger partial charge in [-0.3, -0.25) is 9.63 Å². The van der Waals surface area contributed by atoms with Crippen LogP contribution in [0.15, 0.2) is 10.8 Å². The highest BCUT2D eigenvalue weighted by atomic mass is 32.1. The van der Waals surface area contributed by atoms with E-state index in [0.717, 1.165) is 10.1 Å². The van der Waals surface area contributed by atoms with Crippen LogP contribution in [0.5, 0.6) is 0 Å². The number of amides is 2. The number of ether oxygens (including phenoxy) is 1. The van der Waals surface area contributed by atoms with E-state index in [1.807, 2.05) is 40.0 Å². The van der Waals surface area contributed by atoms with Gasteiger partial charge in [-0.15, -0.1) is 22.7 Å². The molecule has 0 aromatic carbocycles. The maximum Gasteiger partial charge on any atom is 0.408 e. The summed E-state index contributed by atoms with van der Waals surface area (Å²) in [5, 5.41) is 8.94. The van der Waals surface area contributed by atoms with E-state index in [4.69, 9.17) is 9.57 Å². The SMILES string of the molecule is CON(C)C(=O)c1csc(-c2csc([C@@H](NC(=O)OC(C)(C)C)C(C)C)n2)n1. The number of alkyl carbamates (subject to hydrolysis) is 1. The van der Waals surface area contributed by atoms with E-state index in [1.54, 1.807) is 5.38 Å². The highest BCUT2D eigenvalue weighted by Gasteiger charge is 2.26. The Labute approximate surface area is 172 Å². The van der Waals surface area contributed by atoms with E-state index < -0.39 is 11.7 Å². The second-order valence-electron chi connectivity index (χ2n) is 7.46. The largest absolute Gasteiger partial charge is 0.444 e. The van der Waals surface area contributed by atoms with Gasteiger partial charge in [-0.1, -0.05) is 13.8 Å². The van der Waals surface area contributed by atoms with Gasteiger partial charge in [0.25, 0.3) is 5.91 Å². The fraction of sp³-hybridized carbons (Fsp3) is 0.556. The van der Waals surface area contributed by atoms with Crippen molar-refractivity contribution in [2.45, 2.75) is 46.3 Å². The molecule has 2 aromatic rings. The zero-order chi connectivity index (χ0) is 21.1. The third-order valence-electron chi connectivity index (χ3n) is 3.63. The van der Waals surface area contributed by atoms with Crippen LogP contribution in [0.3, 0.4) is 0 Å². The summed E-state index contributed by atoms with van der Waals surface area (Å²) in [6.45, 7) is 9.47. The Bertz CT molecular complexity index is 826. The Morgan fingerprint density at radius 3 is 2.43 bits per heavy atom. The zero-order valence-corrected chi connectivity index (χ0v) is 18.7. The van der Waals surface area contributed by atoms with Crippen molar-refractivity contribution < 1.29 is 19.2 Å². The minimum absolute atomic E-state index is 0.121. The number of aromatic nitrogens is 2. The first-order valence-corrected chi connectivity index (χ1v) is 10.5. The number of hydrogen-bond donors (Lipinski definition) is 1. The first-order chi connectivity index (χ1) is 13.0. The third-order valence-corrected chi connectivity index (χ3v) is 5.42. The quantitative estimate of drug-likeness (QED) is 0.698. The van der Waals surface area contributed by atoms with Crippen LogP contribution in [0.1, 0.15) is 56.2 Å². The second-order valence-corrected chi connectivity index (χ2v) is 9.21. The van der Waals surface area contributed by atoms with Crippen LogP contribution >= 0.6 is 22.7 Å². The van der Waals surface area contributed by atoms with E-state index in [9.17, 15) is 9.59 Å². The van der Waals surface area contributed by atoms with Gasteiger partial charge in [0.1, 0.15) is 27.0 Å². The summed E-state index contributed by atoms with van der Waals surface area (Å²) < 4.78 is 5.36. The molecule has 0 fully saturated rings. The fourth-order valence-corrected chi connectivity index (χ4v) is 4.06. The molecule has 1 N–H and O–H groups in total. The minimum Gasteiger partial charge on any atom is -0.444 e. The van der Waals surface area contributed by atoms with Gasteiger partial charge in [-0.05, 0) is 26.7 Å². The molecule has 1 atom stereocenters. The molecule has 0 aliphatic carbocycles. The topological polar surface area (TPSA) is 93.7 Å². The number of nitrogens with zero attached hydrogens (tertiary/aromatic N) is 3. The maximum absolute atomic E-state index is 12.2. The van der Waals surface area contributed by atoms with E-state index in [1.165, 1.54) is 36.8 Å². The minimum atomic E-state index is -0.571. The van der Waals surface area contributed by atoms with Crippen LogP contribution < -0.4 is 5.32 Å². The number of nitrogens with one attached hydrogen (secondary N) is 1. The van der Waals surface area contributed by atoms with E-state index in [-0.39, 0.29) is 17.9 Å². The molecule has 0 unspecified atom stereocenters. The van der Waals surface area contributed by atoms with Gasteiger partial charge < -0.3 is 10.1 Å². The highest BCUT2D eigenvalue weighted by molar-refractivity contribution is 7.14. The van der Waals surface area contributed by atoms with Crippen molar-refractivity contribution in [3.05, 3.63) is 21.5 Å². The summed E-state index contributed by atoms with van der Waals surface area (Å²) in [5.41, 5.74) is 0.394. The predicted molar refractivity (Wildman–Crippen MR) is 109 cm³/mol. The lowest BCUT2D eigenvalue weighted by Gasteiger charge is -2.24. The first kappa shape index (κ1) is 22.3. The Morgan fingerprint density at radius 1 is 1.18 bits per heavy atom. The average Bonchev–Trinajstić information content (AvgIpc) is 3.25. The maximum atomic E-state index is 12.2. The molecule has 2 aromatic heterocycles. The number of hydroxylamine groups is 2. The van der Waals surface area contributed by atoms with E-state index in [2.05, 4.69) is 15.3 Å². The second kappa shape index (κ2) is 8.97. The lowest BCUT2D eigenvalue weighted by molar-refractivity contribution is -0.0760. The Hall–Kier alpha value is -2.04. The van der Waals surface area contributed by atoms with Crippen molar-refractivity contribution >= 4 is 34.7 Å². The zero-order valence-electron chi connectivity index (χ0n) is 17.1. The first-order valence-electron chi connectivity index (χ1n) is 8.74. The molecular weight excluding hydrogens is 400 g/mol. The molecule has 8 nitrogen and oxygen atoms in total. The molecule has 0 saturated carbocycles. The van der Waals surface area contributed by atoms with Gasteiger partial charge >= 0.3 is 6.09 Å². The lowest BCUT2D eigenvalue weighted by Crippen LogP contribution is -2.36. The molecule has 2 amide bonds. The van der Waals surface area contributed by atoms with Gasteiger partial charge in [0.05, 0.1) is 13.2 Å². The number of rotatable bonds is 6.